The molecule has 2 atom stereocenters. The van der Waals surface area contributed by atoms with Gasteiger partial charge in [0, 0.05) is 36.1 Å². The smallest absolute Gasteiger partial charge is 0.0483 e. The number of nitrogens with two attached hydrogens (primary N) is 1. The van der Waals surface area contributed by atoms with E-state index in [1.54, 1.807) is 0 Å². The summed E-state index contributed by atoms with van der Waals surface area (Å²) in [5.74, 6) is 0.592. The zero-order valence-corrected chi connectivity index (χ0v) is 9.20. The molecular formula is C13H16N2. The first-order valence-electron chi connectivity index (χ1n) is 5.48. The second-order valence-electron chi connectivity index (χ2n) is 4.67. The van der Waals surface area contributed by atoms with Gasteiger partial charge in [0.1, 0.15) is 0 Å². The number of fused-ring (bicyclic) bond motifs is 1. The molecule has 0 saturated heterocycles. The topological polar surface area (TPSA) is 30.9 Å². The van der Waals surface area contributed by atoms with Crippen LogP contribution in [0.4, 0.5) is 0 Å². The molecule has 1 aromatic heterocycles. The van der Waals surface area contributed by atoms with E-state index in [1.165, 1.54) is 22.0 Å². The molecule has 1 aliphatic carbocycles. The Morgan fingerprint density at radius 2 is 2.13 bits per heavy atom. The Bertz CT molecular complexity index is 525. The van der Waals surface area contributed by atoms with Crippen molar-refractivity contribution in [3.05, 3.63) is 35.5 Å². The highest BCUT2D eigenvalue weighted by atomic mass is 14.9. The predicted octanol–water partition coefficient (Wildman–Crippen LogP) is 2.30. The molecule has 0 amide bonds. The molecule has 78 valence electrons. The van der Waals surface area contributed by atoms with E-state index < -0.39 is 0 Å². The Morgan fingerprint density at radius 3 is 2.80 bits per heavy atom. The van der Waals surface area contributed by atoms with Gasteiger partial charge in [-0.3, -0.25) is 0 Å². The van der Waals surface area contributed by atoms with E-state index >= 15 is 0 Å². The second-order valence-corrected chi connectivity index (χ2v) is 4.67. The Balaban J connectivity index is 2.30. The third-order valence-electron chi connectivity index (χ3n) is 3.49. The average Bonchev–Trinajstić information content (AvgIpc) is 2.82. The van der Waals surface area contributed by atoms with E-state index in [1.807, 2.05) is 0 Å². The van der Waals surface area contributed by atoms with Crippen molar-refractivity contribution in [1.29, 1.82) is 0 Å². The lowest BCUT2D eigenvalue weighted by Gasteiger charge is -2.00. The van der Waals surface area contributed by atoms with Crippen molar-refractivity contribution in [1.82, 2.24) is 4.57 Å². The summed E-state index contributed by atoms with van der Waals surface area (Å²) in [4.78, 5) is 0. The van der Waals surface area contributed by atoms with E-state index in [2.05, 4.69) is 42.9 Å². The molecule has 2 heteroatoms. The fourth-order valence-corrected chi connectivity index (χ4v) is 2.52. The van der Waals surface area contributed by atoms with Crippen LogP contribution in [0, 0.1) is 6.92 Å². The molecule has 0 aliphatic heterocycles. The monoisotopic (exact) mass is 200 g/mol. The Labute approximate surface area is 89.7 Å². The van der Waals surface area contributed by atoms with Crippen LogP contribution in [0.3, 0.4) is 0 Å². The molecule has 1 aliphatic rings. The lowest BCUT2D eigenvalue weighted by Crippen LogP contribution is -2.00. The van der Waals surface area contributed by atoms with Crippen LogP contribution in [0.2, 0.25) is 0 Å². The number of rotatable bonds is 1. The van der Waals surface area contributed by atoms with E-state index in [4.69, 9.17) is 5.73 Å². The molecule has 0 bridgehead atoms. The molecule has 15 heavy (non-hydrogen) atoms. The van der Waals surface area contributed by atoms with Gasteiger partial charge < -0.3 is 10.3 Å². The van der Waals surface area contributed by atoms with Crippen molar-refractivity contribution in [3.63, 3.8) is 0 Å². The van der Waals surface area contributed by atoms with Crippen LogP contribution in [0.25, 0.3) is 10.9 Å². The van der Waals surface area contributed by atoms with Crippen molar-refractivity contribution >= 4 is 10.9 Å². The highest BCUT2D eigenvalue weighted by Gasteiger charge is 2.37. The van der Waals surface area contributed by atoms with E-state index in [0.29, 0.717) is 12.0 Å². The van der Waals surface area contributed by atoms with Gasteiger partial charge in [-0.25, -0.2) is 0 Å². The maximum atomic E-state index is 5.94. The van der Waals surface area contributed by atoms with Crippen molar-refractivity contribution < 1.29 is 0 Å². The molecule has 1 saturated carbocycles. The van der Waals surface area contributed by atoms with Gasteiger partial charge in [0.15, 0.2) is 0 Å². The zero-order valence-electron chi connectivity index (χ0n) is 9.20. The maximum absolute atomic E-state index is 5.94. The SMILES string of the molecule is Cc1cccc2c1c([C@@H]1C[C@H]1N)cn2C. The van der Waals surface area contributed by atoms with Crippen LogP contribution in [-0.4, -0.2) is 10.6 Å². The van der Waals surface area contributed by atoms with Gasteiger partial charge in [0.25, 0.3) is 0 Å². The van der Waals surface area contributed by atoms with Crippen molar-refractivity contribution in [3.8, 4) is 0 Å². The van der Waals surface area contributed by atoms with Gasteiger partial charge in [0.2, 0.25) is 0 Å². The van der Waals surface area contributed by atoms with Crippen molar-refractivity contribution in [2.24, 2.45) is 12.8 Å². The molecule has 3 rings (SSSR count). The Hall–Kier alpha value is -1.28. The summed E-state index contributed by atoms with van der Waals surface area (Å²) in [5.41, 5.74) is 10.1. The minimum atomic E-state index is 0.384. The molecule has 2 nitrogen and oxygen atoms in total. The summed E-state index contributed by atoms with van der Waals surface area (Å²) < 4.78 is 2.21. The summed E-state index contributed by atoms with van der Waals surface area (Å²) in [6, 6.07) is 6.86. The number of hydrogen-bond donors (Lipinski definition) is 1. The fraction of sp³-hybridized carbons (Fsp3) is 0.385. The molecule has 0 spiro atoms. The van der Waals surface area contributed by atoms with Crippen molar-refractivity contribution in [2.45, 2.75) is 25.3 Å². The number of nitrogens with zero attached hydrogens (tertiary/aromatic N) is 1. The highest BCUT2D eigenvalue weighted by Crippen LogP contribution is 2.43. The van der Waals surface area contributed by atoms with Crippen molar-refractivity contribution in [2.75, 3.05) is 0 Å². The summed E-state index contributed by atoms with van der Waals surface area (Å²) in [5, 5.41) is 1.41. The molecule has 1 heterocycles. The number of hydrogen-bond acceptors (Lipinski definition) is 1. The van der Waals surface area contributed by atoms with Crippen LogP contribution >= 0.6 is 0 Å². The first-order chi connectivity index (χ1) is 7.18. The number of aromatic nitrogens is 1. The maximum Gasteiger partial charge on any atom is 0.0483 e. The molecule has 2 aromatic rings. The van der Waals surface area contributed by atoms with Crippen LogP contribution in [0.15, 0.2) is 24.4 Å². The summed E-state index contributed by atoms with van der Waals surface area (Å²) in [6.45, 7) is 2.18. The van der Waals surface area contributed by atoms with Crippen LogP contribution < -0.4 is 5.73 Å². The largest absolute Gasteiger partial charge is 0.350 e. The molecule has 0 unspecified atom stereocenters. The Morgan fingerprint density at radius 1 is 1.40 bits per heavy atom. The highest BCUT2D eigenvalue weighted by molar-refractivity contribution is 5.88. The summed E-state index contributed by atoms with van der Waals surface area (Å²) >= 11 is 0. The first-order valence-corrected chi connectivity index (χ1v) is 5.48. The standard InChI is InChI=1S/C13H16N2/c1-8-4-3-5-12-13(8)10(7-15(12)2)9-6-11(9)14/h3-5,7,9,11H,6,14H2,1-2H3/t9-,11+/m0/s1. The van der Waals surface area contributed by atoms with Crippen LogP contribution in [0.5, 0.6) is 0 Å². The molecule has 1 fully saturated rings. The minimum absolute atomic E-state index is 0.384. The minimum Gasteiger partial charge on any atom is -0.350 e. The fourth-order valence-electron chi connectivity index (χ4n) is 2.52. The van der Waals surface area contributed by atoms with Gasteiger partial charge in [-0.15, -0.1) is 0 Å². The summed E-state index contributed by atoms with van der Waals surface area (Å²) in [7, 11) is 2.11. The first kappa shape index (κ1) is 8.98. The molecule has 1 aromatic carbocycles. The average molecular weight is 200 g/mol. The summed E-state index contributed by atoms with van der Waals surface area (Å²) in [6.07, 6.45) is 3.39. The molecule has 2 N–H and O–H groups in total. The third kappa shape index (κ3) is 1.21. The van der Waals surface area contributed by atoms with E-state index in [-0.39, 0.29) is 0 Å². The van der Waals surface area contributed by atoms with Gasteiger partial charge in [-0.1, -0.05) is 12.1 Å². The second kappa shape index (κ2) is 2.86. The lowest BCUT2D eigenvalue weighted by molar-refractivity contribution is 0.938. The van der Waals surface area contributed by atoms with Gasteiger partial charge in [0.05, 0.1) is 0 Å². The quantitative estimate of drug-likeness (QED) is 0.752. The normalized spacial score (nSPS) is 24.7. The molecule has 0 radical (unpaired) electrons. The van der Waals surface area contributed by atoms with Gasteiger partial charge >= 0.3 is 0 Å². The zero-order chi connectivity index (χ0) is 10.6. The van der Waals surface area contributed by atoms with Gasteiger partial charge in [-0.2, -0.15) is 0 Å². The van der Waals surface area contributed by atoms with E-state index in [0.717, 1.165) is 6.42 Å². The van der Waals surface area contributed by atoms with Crippen LogP contribution in [0.1, 0.15) is 23.5 Å². The lowest BCUT2D eigenvalue weighted by atomic mass is 10.0. The Kier molecular flexibility index (Phi) is 1.71. The number of benzene rings is 1. The van der Waals surface area contributed by atoms with Gasteiger partial charge in [-0.05, 0) is 30.5 Å². The predicted molar refractivity (Wildman–Crippen MR) is 63.0 cm³/mol. The van der Waals surface area contributed by atoms with E-state index in [9.17, 15) is 0 Å². The molecular weight excluding hydrogens is 184 g/mol. The van der Waals surface area contributed by atoms with Crippen LogP contribution in [-0.2, 0) is 7.05 Å². The number of aryl methyl sites for hydroxylation is 2. The third-order valence-corrected chi connectivity index (χ3v) is 3.49.